The van der Waals surface area contributed by atoms with E-state index in [1.165, 1.54) is 30.0 Å². The van der Waals surface area contributed by atoms with Crippen LogP contribution in [0.2, 0.25) is 0 Å². The van der Waals surface area contributed by atoms with E-state index in [0.29, 0.717) is 11.4 Å². The molecule has 0 aliphatic rings. The van der Waals surface area contributed by atoms with Crippen LogP contribution >= 0.6 is 0 Å². The number of nitriles is 1. The van der Waals surface area contributed by atoms with Gasteiger partial charge in [-0.1, -0.05) is 0 Å². The molecule has 0 radical (unpaired) electrons. The van der Waals surface area contributed by atoms with Crippen LogP contribution in [0.25, 0.3) is 0 Å². The summed E-state index contributed by atoms with van der Waals surface area (Å²) in [6, 6.07) is 13.0. The van der Waals surface area contributed by atoms with Crippen LogP contribution < -0.4 is 10.2 Å². The van der Waals surface area contributed by atoms with Gasteiger partial charge in [0.05, 0.1) is 16.6 Å². The van der Waals surface area contributed by atoms with Crippen molar-refractivity contribution in [1.29, 1.82) is 5.26 Å². The lowest BCUT2D eigenvalue weighted by Gasteiger charge is -2.15. The summed E-state index contributed by atoms with van der Waals surface area (Å²) in [5.74, 6) is -0.0894. The van der Waals surface area contributed by atoms with Gasteiger partial charge in [0.15, 0.2) is 0 Å². The van der Waals surface area contributed by atoms with Crippen molar-refractivity contribution in [3.8, 4) is 6.07 Å². The van der Waals surface area contributed by atoms with Crippen molar-refractivity contribution in [2.45, 2.75) is 6.92 Å². The van der Waals surface area contributed by atoms with Gasteiger partial charge < -0.3 is 10.2 Å². The molecule has 0 aliphatic carbocycles. The molecule has 7 heteroatoms. The van der Waals surface area contributed by atoms with Gasteiger partial charge in [-0.2, -0.15) is 5.26 Å². The summed E-state index contributed by atoms with van der Waals surface area (Å²) in [7, 11) is 1.66. The Labute approximate surface area is 132 Å². The number of carbonyl (C=O) groups is 1. The first-order valence-electron chi connectivity index (χ1n) is 6.72. The molecule has 1 amide bonds. The number of amides is 1. The SMILES string of the molecule is CC(=O)N(C)c1ccc(Nc2ccc(C#N)cc2[N+](=O)[O-])cc1. The van der Waals surface area contributed by atoms with E-state index in [-0.39, 0.29) is 17.2 Å². The lowest BCUT2D eigenvalue weighted by Crippen LogP contribution is -2.22. The zero-order chi connectivity index (χ0) is 17.0. The molecule has 0 aromatic heterocycles. The van der Waals surface area contributed by atoms with Crippen LogP contribution in [0, 0.1) is 21.4 Å². The van der Waals surface area contributed by atoms with E-state index < -0.39 is 4.92 Å². The maximum Gasteiger partial charge on any atom is 0.293 e. The zero-order valence-electron chi connectivity index (χ0n) is 12.6. The van der Waals surface area contributed by atoms with E-state index >= 15 is 0 Å². The minimum absolute atomic E-state index is 0.0894. The third kappa shape index (κ3) is 3.63. The molecule has 23 heavy (non-hydrogen) atoms. The van der Waals surface area contributed by atoms with Gasteiger partial charge in [0, 0.05) is 31.4 Å². The van der Waals surface area contributed by atoms with Crippen molar-refractivity contribution >= 4 is 28.7 Å². The Morgan fingerprint density at radius 3 is 2.43 bits per heavy atom. The molecule has 2 aromatic rings. The first kappa shape index (κ1) is 16.0. The number of carbonyl (C=O) groups excluding carboxylic acids is 1. The summed E-state index contributed by atoms with van der Waals surface area (Å²) in [6.07, 6.45) is 0. The van der Waals surface area contributed by atoms with Crippen LogP contribution in [-0.4, -0.2) is 17.9 Å². The summed E-state index contributed by atoms with van der Waals surface area (Å²) >= 11 is 0. The first-order valence-corrected chi connectivity index (χ1v) is 6.72. The largest absolute Gasteiger partial charge is 0.350 e. The smallest absolute Gasteiger partial charge is 0.293 e. The van der Waals surface area contributed by atoms with Crippen molar-refractivity contribution in [3.05, 3.63) is 58.1 Å². The van der Waals surface area contributed by atoms with Crippen LogP contribution in [0.5, 0.6) is 0 Å². The zero-order valence-corrected chi connectivity index (χ0v) is 12.6. The highest BCUT2D eigenvalue weighted by Crippen LogP contribution is 2.29. The number of anilines is 3. The number of hydrogen-bond donors (Lipinski definition) is 1. The summed E-state index contributed by atoms with van der Waals surface area (Å²) in [4.78, 5) is 23.4. The number of nitrogens with zero attached hydrogens (tertiary/aromatic N) is 3. The summed E-state index contributed by atoms with van der Waals surface area (Å²) < 4.78 is 0. The van der Waals surface area contributed by atoms with E-state index in [4.69, 9.17) is 5.26 Å². The van der Waals surface area contributed by atoms with Crippen LogP contribution in [0.3, 0.4) is 0 Å². The van der Waals surface area contributed by atoms with Gasteiger partial charge in [-0.15, -0.1) is 0 Å². The normalized spacial score (nSPS) is 9.78. The lowest BCUT2D eigenvalue weighted by atomic mass is 10.1. The maximum atomic E-state index is 11.3. The molecule has 0 unspecified atom stereocenters. The molecule has 0 saturated carbocycles. The van der Waals surface area contributed by atoms with Gasteiger partial charge in [0.1, 0.15) is 5.69 Å². The van der Waals surface area contributed by atoms with E-state index in [1.807, 2.05) is 6.07 Å². The molecule has 116 valence electrons. The van der Waals surface area contributed by atoms with Crippen molar-refractivity contribution in [1.82, 2.24) is 0 Å². The number of benzene rings is 2. The quantitative estimate of drug-likeness (QED) is 0.690. The molecule has 0 fully saturated rings. The molecule has 2 aromatic carbocycles. The molecule has 0 atom stereocenters. The van der Waals surface area contributed by atoms with Crippen LogP contribution in [0.4, 0.5) is 22.7 Å². The molecule has 7 nitrogen and oxygen atoms in total. The first-order chi connectivity index (χ1) is 10.9. The van der Waals surface area contributed by atoms with Gasteiger partial charge in [-0.05, 0) is 36.4 Å². The third-order valence-corrected chi connectivity index (χ3v) is 3.33. The summed E-state index contributed by atoms with van der Waals surface area (Å²) in [5.41, 5.74) is 1.70. The highest BCUT2D eigenvalue weighted by atomic mass is 16.6. The molecule has 0 saturated heterocycles. The van der Waals surface area contributed by atoms with E-state index in [1.54, 1.807) is 31.3 Å². The number of nitrogens with one attached hydrogen (secondary N) is 1. The Balaban J connectivity index is 2.28. The Bertz CT molecular complexity index is 794. The molecule has 2 rings (SSSR count). The molecule has 0 heterocycles. The second kappa shape index (κ2) is 6.58. The van der Waals surface area contributed by atoms with Gasteiger partial charge in [-0.25, -0.2) is 0 Å². The molecule has 1 N–H and O–H groups in total. The number of rotatable bonds is 4. The third-order valence-electron chi connectivity index (χ3n) is 3.33. The van der Waals surface area contributed by atoms with Crippen LogP contribution in [0.1, 0.15) is 12.5 Å². The van der Waals surface area contributed by atoms with Crippen molar-refractivity contribution in [2.24, 2.45) is 0 Å². The monoisotopic (exact) mass is 310 g/mol. The molecular formula is C16H14N4O3. The van der Waals surface area contributed by atoms with E-state index in [0.717, 1.165) is 5.69 Å². The average Bonchev–Trinajstić information content (AvgIpc) is 2.55. The Kier molecular flexibility index (Phi) is 4.57. The molecule has 0 spiro atoms. The fraction of sp³-hybridized carbons (Fsp3) is 0.125. The lowest BCUT2D eigenvalue weighted by molar-refractivity contribution is -0.383. The number of nitro groups is 1. The second-order valence-corrected chi connectivity index (χ2v) is 4.85. The van der Waals surface area contributed by atoms with Crippen molar-refractivity contribution in [2.75, 3.05) is 17.3 Å². The Hall–Kier alpha value is -3.40. The fourth-order valence-electron chi connectivity index (χ4n) is 1.96. The topological polar surface area (TPSA) is 99.3 Å². The standard InChI is InChI=1S/C16H14N4O3/c1-11(21)19(2)14-6-4-13(5-7-14)18-15-8-3-12(10-17)9-16(15)20(22)23/h3-9,18H,1-2H3. The van der Waals surface area contributed by atoms with Gasteiger partial charge in [0.2, 0.25) is 5.91 Å². The minimum atomic E-state index is -0.541. The highest BCUT2D eigenvalue weighted by Gasteiger charge is 2.15. The van der Waals surface area contributed by atoms with Gasteiger partial charge in [-0.3, -0.25) is 14.9 Å². The molecule has 0 aliphatic heterocycles. The Morgan fingerprint density at radius 2 is 1.91 bits per heavy atom. The average molecular weight is 310 g/mol. The predicted octanol–water partition coefficient (Wildman–Crippen LogP) is 3.19. The number of nitro benzene ring substituents is 1. The van der Waals surface area contributed by atoms with E-state index in [2.05, 4.69) is 5.32 Å². The summed E-state index contributed by atoms with van der Waals surface area (Å²) in [5, 5.41) is 22.9. The van der Waals surface area contributed by atoms with Gasteiger partial charge >= 0.3 is 0 Å². The number of hydrogen-bond acceptors (Lipinski definition) is 5. The maximum absolute atomic E-state index is 11.3. The fourth-order valence-corrected chi connectivity index (χ4v) is 1.96. The van der Waals surface area contributed by atoms with Crippen molar-refractivity contribution < 1.29 is 9.72 Å². The second-order valence-electron chi connectivity index (χ2n) is 4.85. The van der Waals surface area contributed by atoms with E-state index in [9.17, 15) is 14.9 Å². The highest BCUT2D eigenvalue weighted by molar-refractivity contribution is 5.91. The van der Waals surface area contributed by atoms with Crippen LogP contribution in [-0.2, 0) is 4.79 Å². The molecule has 0 bridgehead atoms. The van der Waals surface area contributed by atoms with Crippen LogP contribution in [0.15, 0.2) is 42.5 Å². The van der Waals surface area contributed by atoms with Crippen molar-refractivity contribution in [3.63, 3.8) is 0 Å². The Morgan fingerprint density at radius 1 is 1.26 bits per heavy atom. The predicted molar refractivity (Wildman–Crippen MR) is 86.6 cm³/mol. The minimum Gasteiger partial charge on any atom is -0.350 e. The molecular weight excluding hydrogens is 296 g/mol. The van der Waals surface area contributed by atoms with Gasteiger partial charge in [0.25, 0.3) is 5.69 Å². The summed E-state index contributed by atoms with van der Waals surface area (Å²) in [6.45, 7) is 1.46.